The van der Waals surface area contributed by atoms with Crippen LogP contribution < -0.4 is 19.3 Å². The van der Waals surface area contributed by atoms with Crippen LogP contribution in [0.5, 0.6) is 11.5 Å². The predicted octanol–water partition coefficient (Wildman–Crippen LogP) is 3.71. The monoisotopic (exact) mass is 559 g/mol. The normalized spacial score (nSPS) is 17.0. The fourth-order valence-corrected chi connectivity index (χ4v) is 4.46. The highest BCUT2D eigenvalue weighted by molar-refractivity contribution is 6.30. The van der Waals surface area contributed by atoms with Crippen molar-refractivity contribution in [2.45, 2.75) is 32.5 Å². The van der Waals surface area contributed by atoms with Gasteiger partial charge in [-0.05, 0) is 20.8 Å². The number of pyridine rings is 1. The molecule has 0 N–H and O–H groups in total. The number of methoxy groups -OCH3 is 2. The van der Waals surface area contributed by atoms with E-state index in [0.717, 1.165) is 0 Å². The first-order valence-corrected chi connectivity index (χ1v) is 12.3. The number of esters is 1. The van der Waals surface area contributed by atoms with Crippen LogP contribution in [0.25, 0.3) is 16.6 Å². The second-order valence-corrected chi connectivity index (χ2v) is 10.1. The Kier molecular flexibility index (Phi) is 6.62. The summed E-state index contributed by atoms with van der Waals surface area (Å²) in [7, 11) is 2.69. The maximum Gasteiger partial charge on any atom is 0.416 e. The molecule has 0 bridgehead atoms. The highest BCUT2D eigenvalue weighted by Crippen LogP contribution is 2.42. The first-order chi connectivity index (χ1) is 18.5. The number of aromatic nitrogens is 3. The molecule has 206 valence electrons. The van der Waals surface area contributed by atoms with Crippen LogP contribution in [0.1, 0.15) is 20.8 Å². The summed E-state index contributed by atoms with van der Waals surface area (Å²) in [4.78, 5) is 44.4. The zero-order chi connectivity index (χ0) is 28.1. The molecule has 0 aliphatic carbocycles. The fourth-order valence-electron chi connectivity index (χ4n) is 4.31. The Bertz CT molecular complexity index is 1480. The molecule has 1 aromatic carbocycles. The summed E-state index contributed by atoms with van der Waals surface area (Å²) in [6.07, 6.45) is -0.908. The van der Waals surface area contributed by atoms with Gasteiger partial charge in [-0.2, -0.15) is 0 Å². The van der Waals surface area contributed by atoms with Gasteiger partial charge in [0.05, 0.1) is 43.9 Å². The van der Waals surface area contributed by atoms with Gasteiger partial charge < -0.3 is 23.7 Å². The van der Waals surface area contributed by atoms with Crippen LogP contribution in [-0.2, 0) is 19.0 Å². The second-order valence-electron chi connectivity index (χ2n) is 9.74. The molecule has 5 rings (SSSR count). The van der Waals surface area contributed by atoms with Crippen molar-refractivity contribution in [2.24, 2.45) is 0 Å². The molecule has 1 fully saturated rings. The van der Waals surface area contributed by atoms with E-state index in [4.69, 9.17) is 35.3 Å². The van der Waals surface area contributed by atoms with Crippen LogP contribution in [0.15, 0.2) is 24.4 Å². The van der Waals surface area contributed by atoms with Crippen molar-refractivity contribution in [3.05, 3.63) is 29.5 Å². The summed E-state index contributed by atoms with van der Waals surface area (Å²) >= 11 is 6.22. The topological polar surface area (TPSA) is 135 Å². The molecule has 2 aliphatic rings. The lowest BCUT2D eigenvalue weighted by atomic mass is 10.2. The highest BCUT2D eigenvalue weighted by Gasteiger charge is 2.40. The van der Waals surface area contributed by atoms with E-state index < -0.39 is 29.9 Å². The number of hydrogen-bond donors (Lipinski definition) is 0. The van der Waals surface area contributed by atoms with E-state index in [0.29, 0.717) is 40.3 Å². The quantitative estimate of drug-likeness (QED) is 0.264. The number of benzene rings is 1. The molecule has 13 nitrogen and oxygen atoms in total. The van der Waals surface area contributed by atoms with E-state index in [1.807, 2.05) is 0 Å². The minimum absolute atomic E-state index is 0.102. The standard InChI is InChI=1S/C25H26ClN5O8/c1-25(2,3)39-24(34)29-6-7-37-18-9-16(17(35-4)8-15(18)29)31-14-10-20(26)27-11-13(14)21(28-31)30-12-19(22(32)36-5)38-23(30)33/h8-11,19H,6-7,12H2,1-5H3. The zero-order valence-electron chi connectivity index (χ0n) is 21.9. The summed E-state index contributed by atoms with van der Waals surface area (Å²) in [6.45, 7) is 5.81. The average Bonchev–Trinajstić information content (AvgIpc) is 3.45. The van der Waals surface area contributed by atoms with E-state index in [1.54, 1.807) is 39.0 Å². The number of carbonyl (C=O) groups is 3. The smallest absolute Gasteiger partial charge is 0.416 e. The summed E-state index contributed by atoms with van der Waals surface area (Å²) in [5.74, 6) is 0.271. The predicted molar refractivity (Wildman–Crippen MR) is 139 cm³/mol. The number of fused-ring (bicyclic) bond motifs is 2. The lowest BCUT2D eigenvalue weighted by Crippen LogP contribution is -2.41. The van der Waals surface area contributed by atoms with Crippen LogP contribution in [0, 0.1) is 0 Å². The first kappa shape index (κ1) is 26.4. The highest BCUT2D eigenvalue weighted by atomic mass is 35.5. The van der Waals surface area contributed by atoms with Gasteiger partial charge in [-0.15, -0.1) is 5.10 Å². The minimum Gasteiger partial charge on any atom is -0.494 e. The van der Waals surface area contributed by atoms with E-state index >= 15 is 0 Å². The van der Waals surface area contributed by atoms with Gasteiger partial charge in [0.25, 0.3) is 0 Å². The number of cyclic esters (lactones) is 1. The third kappa shape index (κ3) is 4.85. The van der Waals surface area contributed by atoms with Crippen LogP contribution in [0.4, 0.5) is 21.1 Å². The number of rotatable bonds is 4. The van der Waals surface area contributed by atoms with Crippen molar-refractivity contribution in [3.63, 3.8) is 0 Å². The van der Waals surface area contributed by atoms with Crippen molar-refractivity contribution in [1.82, 2.24) is 14.8 Å². The maximum atomic E-state index is 12.9. The number of anilines is 2. The van der Waals surface area contributed by atoms with Crippen LogP contribution in [-0.4, -0.2) is 78.5 Å². The van der Waals surface area contributed by atoms with Crippen LogP contribution in [0.3, 0.4) is 0 Å². The zero-order valence-corrected chi connectivity index (χ0v) is 22.6. The molecule has 1 atom stereocenters. The molecule has 0 saturated carbocycles. The molecule has 2 aliphatic heterocycles. The van der Waals surface area contributed by atoms with E-state index in [-0.39, 0.29) is 24.1 Å². The van der Waals surface area contributed by atoms with Crippen molar-refractivity contribution in [3.8, 4) is 17.2 Å². The second kappa shape index (κ2) is 9.80. The number of ether oxygens (including phenoxy) is 5. The molecule has 0 spiro atoms. The molecule has 2 amide bonds. The van der Waals surface area contributed by atoms with E-state index in [2.05, 4.69) is 10.1 Å². The largest absolute Gasteiger partial charge is 0.494 e. The molecular formula is C25H26ClN5O8. The molecule has 4 heterocycles. The Morgan fingerprint density at radius 2 is 1.92 bits per heavy atom. The lowest BCUT2D eigenvalue weighted by Gasteiger charge is -2.32. The Hall–Kier alpha value is -4.26. The minimum atomic E-state index is -1.10. The number of nitrogens with zero attached hydrogens (tertiary/aromatic N) is 5. The van der Waals surface area contributed by atoms with Crippen molar-refractivity contribution >= 4 is 52.2 Å². The Balaban J connectivity index is 1.62. The Morgan fingerprint density at radius 3 is 2.62 bits per heavy atom. The first-order valence-electron chi connectivity index (χ1n) is 12.0. The van der Waals surface area contributed by atoms with Gasteiger partial charge in [-0.3, -0.25) is 9.80 Å². The third-order valence-electron chi connectivity index (χ3n) is 6.01. The lowest BCUT2D eigenvalue weighted by molar-refractivity contribution is -0.148. The number of halogens is 1. The average molecular weight is 560 g/mol. The molecular weight excluding hydrogens is 534 g/mol. The van der Waals surface area contributed by atoms with Crippen molar-refractivity contribution < 1.29 is 38.1 Å². The molecule has 3 aromatic rings. The SMILES string of the molecule is COC(=O)C1CN(c2nn(-c3cc4c(cc3OC)N(C(=O)OC(C)(C)C)CCO4)c3cc(Cl)ncc23)C(=O)O1. The van der Waals surface area contributed by atoms with Crippen LogP contribution in [0.2, 0.25) is 5.15 Å². The van der Waals surface area contributed by atoms with Gasteiger partial charge in [0.15, 0.2) is 5.82 Å². The van der Waals surface area contributed by atoms with Gasteiger partial charge in [0.2, 0.25) is 6.10 Å². The third-order valence-corrected chi connectivity index (χ3v) is 6.22. The van der Waals surface area contributed by atoms with Gasteiger partial charge >= 0.3 is 18.2 Å². The van der Waals surface area contributed by atoms with E-state index in [1.165, 1.54) is 34.9 Å². The summed E-state index contributed by atoms with van der Waals surface area (Å²) in [6, 6.07) is 4.91. The van der Waals surface area contributed by atoms with E-state index in [9.17, 15) is 14.4 Å². The number of amides is 2. The van der Waals surface area contributed by atoms with Crippen LogP contribution >= 0.6 is 11.6 Å². The fraction of sp³-hybridized carbons (Fsp3) is 0.400. The van der Waals surface area contributed by atoms with Crippen molar-refractivity contribution in [2.75, 3.05) is 43.7 Å². The van der Waals surface area contributed by atoms with Crippen molar-refractivity contribution in [1.29, 1.82) is 0 Å². The number of hydrogen-bond acceptors (Lipinski definition) is 10. The molecule has 1 saturated heterocycles. The van der Waals surface area contributed by atoms with Gasteiger partial charge in [-0.25, -0.2) is 24.0 Å². The number of carbonyl (C=O) groups excluding carboxylic acids is 3. The maximum absolute atomic E-state index is 12.9. The molecule has 1 unspecified atom stereocenters. The summed E-state index contributed by atoms with van der Waals surface area (Å²) < 4.78 is 28.5. The van der Waals surface area contributed by atoms with Gasteiger partial charge in [0.1, 0.15) is 34.5 Å². The molecule has 0 radical (unpaired) electrons. The molecule has 14 heteroatoms. The summed E-state index contributed by atoms with van der Waals surface area (Å²) in [5.41, 5.74) is 0.729. The Labute approximate surface area is 228 Å². The van der Waals surface area contributed by atoms with Gasteiger partial charge in [0, 0.05) is 24.4 Å². The Morgan fingerprint density at radius 1 is 1.15 bits per heavy atom. The molecule has 2 aromatic heterocycles. The summed E-state index contributed by atoms with van der Waals surface area (Å²) in [5, 5.41) is 5.32. The van der Waals surface area contributed by atoms with Gasteiger partial charge in [-0.1, -0.05) is 11.6 Å². The molecule has 39 heavy (non-hydrogen) atoms.